The van der Waals surface area contributed by atoms with Crippen molar-refractivity contribution in [3.05, 3.63) is 54.4 Å². The fourth-order valence-electron chi connectivity index (χ4n) is 7.87. The minimum absolute atomic E-state index is 0.00785. The maximum absolute atomic E-state index is 14.2. The number of aromatic nitrogens is 1. The molecule has 7 atom stereocenters. The summed E-state index contributed by atoms with van der Waals surface area (Å²) in [6.45, 7) is 8.85. The van der Waals surface area contributed by atoms with Gasteiger partial charge in [0.2, 0.25) is 0 Å². The van der Waals surface area contributed by atoms with Gasteiger partial charge in [-0.2, -0.15) is 0 Å². The first-order valence-electron chi connectivity index (χ1n) is 11.4. The molecular formula is C26H27NO5. The highest BCUT2D eigenvalue weighted by atomic mass is 16.5. The molecule has 4 fully saturated rings. The maximum atomic E-state index is 14.2. The highest BCUT2D eigenvalue weighted by molar-refractivity contribution is 6.20. The molecule has 1 aromatic heterocycles. The van der Waals surface area contributed by atoms with E-state index in [-0.39, 0.29) is 40.4 Å². The second kappa shape index (κ2) is 6.25. The number of Topliss-reactive ketones (excluding diaryl/α,β-unsaturated/α-hetero) is 2. The van der Waals surface area contributed by atoms with Gasteiger partial charge in [-0.1, -0.05) is 38.6 Å². The average molecular weight is 434 g/mol. The van der Waals surface area contributed by atoms with Crippen LogP contribution in [0.1, 0.15) is 43.6 Å². The minimum Gasteiger partial charge on any atom is -0.455 e. The lowest BCUT2D eigenvalue weighted by molar-refractivity contribution is -0.178. The largest absolute Gasteiger partial charge is 0.455 e. The first-order valence-corrected chi connectivity index (χ1v) is 11.4. The van der Waals surface area contributed by atoms with Gasteiger partial charge in [-0.3, -0.25) is 9.59 Å². The molecule has 4 aliphatic carbocycles. The van der Waals surface area contributed by atoms with Crippen molar-refractivity contribution < 1.29 is 23.9 Å². The molecule has 0 N–H and O–H groups in total. The summed E-state index contributed by atoms with van der Waals surface area (Å²) in [7, 11) is 0. The molecule has 166 valence electrons. The molecule has 6 nitrogen and oxygen atoms in total. The molecule has 6 heteroatoms. The summed E-state index contributed by atoms with van der Waals surface area (Å²) in [6, 6.07) is 5.01. The Bertz CT molecular complexity index is 1090. The number of hydrogen-bond donors (Lipinski definition) is 0. The number of ether oxygens (including phenoxy) is 2. The Kier molecular flexibility index (Phi) is 3.91. The number of rotatable bonds is 2. The average Bonchev–Trinajstić information content (AvgIpc) is 3.20. The van der Waals surface area contributed by atoms with Crippen molar-refractivity contribution >= 4 is 17.5 Å². The monoisotopic (exact) mass is 433 g/mol. The lowest BCUT2D eigenvalue weighted by Crippen LogP contribution is -2.68. The molecule has 1 spiro atoms. The molecule has 0 amide bonds. The molecule has 3 saturated carbocycles. The van der Waals surface area contributed by atoms with Gasteiger partial charge in [0.1, 0.15) is 23.3 Å². The molecule has 6 rings (SSSR count). The van der Waals surface area contributed by atoms with Crippen LogP contribution < -0.4 is 0 Å². The smallest absolute Gasteiger partial charge is 0.357 e. The predicted molar refractivity (Wildman–Crippen MR) is 114 cm³/mol. The third kappa shape index (κ3) is 2.14. The number of esters is 1. The van der Waals surface area contributed by atoms with Crippen LogP contribution in [0.3, 0.4) is 0 Å². The summed E-state index contributed by atoms with van der Waals surface area (Å²) in [4.78, 5) is 45.1. The summed E-state index contributed by atoms with van der Waals surface area (Å²) in [5.41, 5.74) is -1.38. The molecule has 1 aliphatic heterocycles. The first kappa shape index (κ1) is 20.0. The minimum atomic E-state index is -1.42. The molecule has 5 aliphatic rings. The SMILES string of the molecule is C=C1C(=O)[C@@]23C(=O)[C@@H]4OC[C@]5(C=CCC(C)(C)[C@@H]45)[C@@H]2CC[C@@H]1[C@H]3OC(=O)c1ccccn1. The van der Waals surface area contributed by atoms with Gasteiger partial charge in [0.05, 0.1) is 6.61 Å². The molecule has 2 heterocycles. The van der Waals surface area contributed by atoms with E-state index in [9.17, 15) is 14.4 Å². The Morgan fingerprint density at radius 2 is 2.06 bits per heavy atom. The fourth-order valence-corrected chi connectivity index (χ4v) is 7.87. The van der Waals surface area contributed by atoms with Gasteiger partial charge in [0, 0.05) is 23.4 Å². The van der Waals surface area contributed by atoms with Crippen LogP contribution in [-0.2, 0) is 19.1 Å². The number of allylic oxidation sites excluding steroid dienone is 1. The van der Waals surface area contributed by atoms with Gasteiger partial charge in [0.25, 0.3) is 0 Å². The van der Waals surface area contributed by atoms with Crippen LogP contribution in [0.4, 0.5) is 0 Å². The van der Waals surface area contributed by atoms with E-state index >= 15 is 0 Å². The highest BCUT2D eigenvalue weighted by Gasteiger charge is 2.80. The fraction of sp³-hybridized carbons (Fsp3) is 0.538. The normalized spacial score (nSPS) is 43.1. The molecule has 0 radical (unpaired) electrons. The zero-order valence-corrected chi connectivity index (χ0v) is 18.4. The topological polar surface area (TPSA) is 82.6 Å². The van der Waals surface area contributed by atoms with Crippen molar-refractivity contribution in [2.24, 2.45) is 34.0 Å². The van der Waals surface area contributed by atoms with Gasteiger partial charge in [-0.25, -0.2) is 9.78 Å². The third-order valence-corrected chi connectivity index (χ3v) is 8.98. The van der Waals surface area contributed by atoms with Crippen LogP contribution in [0.2, 0.25) is 0 Å². The standard InChI is InChI=1S/C26H27NO5/c1-14-15-8-9-17-25-11-6-10-24(2,3)19(25)18(31-13-25)21(29)26(17,20(14)28)22(15)32-23(30)16-7-4-5-12-27-16/h4-7,11-12,15,17-19,22H,1,8-10,13H2,2-3H3/t15-,17-,18+,19+,22+,25+,26+/m0/s1. The van der Waals surface area contributed by atoms with E-state index in [4.69, 9.17) is 9.47 Å². The van der Waals surface area contributed by atoms with Crippen molar-refractivity contribution in [2.45, 2.75) is 45.3 Å². The summed E-state index contributed by atoms with van der Waals surface area (Å²) in [5, 5.41) is 0. The van der Waals surface area contributed by atoms with Gasteiger partial charge < -0.3 is 9.47 Å². The van der Waals surface area contributed by atoms with E-state index in [1.54, 1.807) is 18.2 Å². The van der Waals surface area contributed by atoms with Crippen molar-refractivity contribution in [2.75, 3.05) is 6.61 Å². The van der Waals surface area contributed by atoms with Gasteiger partial charge in [-0.05, 0) is 48.3 Å². The zero-order chi connectivity index (χ0) is 22.5. The van der Waals surface area contributed by atoms with E-state index in [2.05, 4.69) is 37.6 Å². The Hall–Kier alpha value is -2.60. The molecule has 32 heavy (non-hydrogen) atoms. The second-order valence-corrected chi connectivity index (χ2v) is 10.8. The van der Waals surface area contributed by atoms with Crippen LogP contribution in [0.5, 0.6) is 0 Å². The van der Waals surface area contributed by atoms with Gasteiger partial charge in [-0.15, -0.1) is 0 Å². The van der Waals surface area contributed by atoms with E-state index in [0.29, 0.717) is 25.0 Å². The molecule has 0 aromatic carbocycles. The Labute approximate surface area is 187 Å². The Morgan fingerprint density at radius 3 is 2.81 bits per heavy atom. The number of carbonyl (C=O) groups excluding carboxylic acids is 3. The van der Waals surface area contributed by atoms with Crippen molar-refractivity contribution in [3.63, 3.8) is 0 Å². The summed E-state index contributed by atoms with van der Waals surface area (Å²) in [5.74, 6) is -1.68. The third-order valence-electron chi connectivity index (χ3n) is 8.98. The number of carbonyl (C=O) groups is 3. The molecular weight excluding hydrogens is 406 g/mol. The van der Waals surface area contributed by atoms with E-state index in [0.717, 1.165) is 6.42 Å². The van der Waals surface area contributed by atoms with Crippen LogP contribution in [0.25, 0.3) is 0 Å². The van der Waals surface area contributed by atoms with Crippen LogP contribution in [-0.4, -0.2) is 41.3 Å². The quantitative estimate of drug-likeness (QED) is 0.308. The lowest BCUT2D eigenvalue weighted by atomic mass is 9.41. The predicted octanol–water partition coefficient (Wildman–Crippen LogP) is 3.33. The lowest BCUT2D eigenvalue weighted by Gasteiger charge is -2.59. The van der Waals surface area contributed by atoms with Crippen LogP contribution in [0.15, 0.2) is 48.7 Å². The van der Waals surface area contributed by atoms with Gasteiger partial charge >= 0.3 is 5.97 Å². The summed E-state index contributed by atoms with van der Waals surface area (Å²) in [6.07, 6.45) is 6.63. The van der Waals surface area contributed by atoms with E-state index < -0.39 is 29.0 Å². The number of ketones is 2. The second-order valence-electron chi connectivity index (χ2n) is 10.8. The molecule has 0 unspecified atom stereocenters. The van der Waals surface area contributed by atoms with E-state index in [1.807, 2.05) is 0 Å². The summed E-state index contributed by atoms with van der Waals surface area (Å²) >= 11 is 0. The van der Waals surface area contributed by atoms with Crippen molar-refractivity contribution in [1.82, 2.24) is 4.98 Å². The Morgan fingerprint density at radius 1 is 1.25 bits per heavy atom. The number of nitrogens with zero attached hydrogens (tertiary/aromatic N) is 1. The zero-order valence-electron chi connectivity index (χ0n) is 18.4. The number of hydrogen-bond acceptors (Lipinski definition) is 6. The van der Waals surface area contributed by atoms with E-state index in [1.165, 1.54) is 6.20 Å². The number of fused-ring (bicyclic) bond motifs is 1. The van der Waals surface area contributed by atoms with Crippen molar-refractivity contribution in [1.29, 1.82) is 0 Å². The number of pyridine rings is 1. The van der Waals surface area contributed by atoms with Gasteiger partial charge in [0.15, 0.2) is 11.6 Å². The van der Waals surface area contributed by atoms with Crippen LogP contribution in [0, 0.1) is 34.0 Å². The molecule has 1 saturated heterocycles. The first-order chi connectivity index (χ1) is 15.2. The highest BCUT2D eigenvalue weighted by Crippen LogP contribution is 2.71. The summed E-state index contributed by atoms with van der Waals surface area (Å²) < 4.78 is 12.2. The van der Waals surface area contributed by atoms with Crippen molar-refractivity contribution in [3.8, 4) is 0 Å². The van der Waals surface area contributed by atoms with Crippen LogP contribution >= 0.6 is 0 Å². The molecule has 1 aromatic rings. The maximum Gasteiger partial charge on any atom is 0.357 e. The molecule has 4 bridgehead atoms. The Balaban J connectivity index is 1.50.